The predicted molar refractivity (Wildman–Crippen MR) is 52.1 cm³/mol. The zero-order valence-corrected chi connectivity index (χ0v) is 8.00. The van der Waals surface area contributed by atoms with Crippen LogP contribution >= 0.6 is 23.1 Å². The van der Waals surface area contributed by atoms with Crippen LogP contribution in [0.25, 0.3) is 10.3 Å². The SMILES string of the molecule is CSc1cc(=O)c2occc2s1. The fraction of sp³-hybridized carbons (Fsp3) is 0.125. The Morgan fingerprint density at radius 3 is 3.17 bits per heavy atom. The summed E-state index contributed by atoms with van der Waals surface area (Å²) in [6.07, 6.45) is 3.50. The molecule has 0 aliphatic heterocycles. The largest absolute Gasteiger partial charge is 0.459 e. The van der Waals surface area contributed by atoms with E-state index in [1.807, 2.05) is 12.3 Å². The second kappa shape index (κ2) is 2.95. The standard InChI is InChI=1S/C8H6O2S2/c1-11-7-4-5(9)8-6(12-7)2-3-10-8/h2-4H,1H3. The first-order valence-electron chi connectivity index (χ1n) is 3.36. The number of hydrogen-bond acceptors (Lipinski definition) is 4. The summed E-state index contributed by atoms with van der Waals surface area (Å²) in [5.74, 6) is 0. The van der Waals surface area contributed by atoms with Crippen LogP contribution in [-0.4, -0.2) is 6.26 Å². The van der Waals surface area contributed by atoms with E-state index in [0.29, 0.717) is 5.58 Å². The monoisotopic (exact) mass is 198 g/mol. The van der Waals surface area contributed by atoms with Gasteiger partial charge in [0.15, 0.2) is 5.58 Å². The normalized spacial score (nSPS) is 10.8. The lowest BCUT2D eigenvalue weighted by molar-refractivity contribution is 0.613. The summed E-state index contributed by atoms with van der Waals surface area (Å²) in [4.78, 5) is 11.3. The van der Waals surface area contributed by atoms with Crippen LogP contribution in [0.15, 0.2) is 31.8 Å². The molecular weight excluding hydrogens is 192 g/mol. The number of thioether (sulfide) groups is 1. The van der Waals surface area contributed by atoms with Crippen molar-refractivity contribution >= 4 is 33.4 Å². The van der Waals surface area contributed by atoms with Crippen molar-refractivity contribution in [2.75, 3.05) is 6.26 Å². The van der Waals surface area contributed by atoms with Crippen LogP contribution in [0.1, 0.15) is 0 Å². The fourth-order valence-corrected chi connectivity index (χ4v) is 2.54. The third-order valence-electron chi connectivity index (χ3n) is 1.51. The highest BCUT2D eigenvalue weighted by atomic mass is 32.2. The summed E-state index contributed by atoms with van der Waals surface area (Å²) in [5, 5.41) is 0. The zero-order chi connectivity index (χ0) is 8.55. The molecule has 0 N–H and O–H groups in total. The molecule has 0 radical (unpaired) electrons. The van der Waals surface area contributed by atoms with E-state index in [-0.39, 0.29) is 5.43 Å². The summed E-state index contributed by atoms with van der Waals surface area (Å²) in [6.45, 7) is 0. The Bertz CT molecular complexity index is 455. The van der Waals surface area contributed by atoms with Crippen molar-refractivity contribution < 1.29 is 4.42 Å². The summed E-state index contributed by atoms with van der Waals surface area (Å²) in [7, 11) is 0. The van der Waals surface area contributed by atoms with Crippen molar-refractivity contribution in [3.05, 3.63) is 28.6 Å². The lowest BCUT2D eigenvalue weighted by Gasteiger charge is -1.91. The predicted octanol–water partition coefficient (Wildman–Crippen LogP) is 2.58. The molecule has 0 saturated heterocycles. The summed E-state index contributed by atoms with van der Waals surface area (Å²) in [6, 6.07) is 3.43. The fourth-order valence-electron chi connectivity index (χ4n) is 0.969. The summed E-state index contributed by atoms with van der Waals surface area (Å²) in [5.41, 5.74) is 0.441. The van der Waals surface area contributed by atoms with Gasteiger partial charge < -0.3 is 4.42 Å². The van der Waals surface area contributed by atoms with Gasteiger partial charge in [0.25, 0.3) is 0 Å². The van der Waals surface area contributed by atoms with Gasteiger partial charge in [-0.15, -0.1) is 23.1 Å². The average molecular weight is 198 g/mol. The average Bonchev–Trinajstić information content (AvgIpc) is 2.52. The molecule has 0 saturated carbocycles. The van der Waals surface area contributed by atoms with Crippen molar-refractivity contribution in [2.45, 2.75) is 4.21 Å². The molecule has 0 fully saturated rings. The molecule has 62 valence electrons. The van der Waals surface area contributed by atoms with Crippen LogP contribution < -0.4 is 5.43 Å². The van der Waals surface area contributed by atoms with E-state index in [1.165, 1.54) is 0 Å². The van der Waals surface area contributed by atoms with E-state index >= 15 is 0 Å². The van der Waals surface area contributed by atoms with E-state index in [9.17, 15) is 4.79 Å². The molecule has 4 heteroatoms. The molecule has 2 heterocycles. The van der Waals surface area contributed by atoms with Gasteiger partial charge in [-0.2, -0.15) is 0 Å². The Labute approximate surface area is 77.2 Å². The number of fused-ring (bicyclic) bond motifs is 1. The van der Waals surface area contributed by atoms with E-state index in [0.717, 1.165) is 8.91 Å². The first kappa shape index (κ1) is 7.89. The second-order valence-corrected chi connectivity index (χ2v) is 4.44. The number of rotatable bonds is 1. The van der Waals surface area contributed by atoms with E-state index in [2.05, 4.69) is 0 Å². The van der Waals surface area contributed by atoms with Crippen LogP contribution in [0.3, 0.4) is 0 Å². The highest BCUT2D eigenvalue weighted by Crippen LogP contribution is 2.25. The highest BCUT2D eigenvalue weighted by molar-refractivity contribution is 8.00. The smallest absolute Gasteiger partial charge is 0.224 e. The maximum atomic E-state index is 11.3. The van der Waals surface area contributed by atoms with E-state index in [1.54, 1.807) is 35.4 Å². The molecule has 2 aromatic heterocycles. The molecular formula is C8H6O2S2. The van der Waals surface area contributed by atoms with Gasteiger partial charge in [-0.1, -0.05) is 0 Å². The van der Waals surface area contributed by atoms with Gasteiger partial charge in [-0.3, -0.25) is 4.79 Å². The topological polar surface area (TPSA) is 30.2 Å². The van der Waals surface area contributed by atoms with Gasteiger partial charge in [0.1, 0.15) is 0 Å². The van der Waals surface area contributed by atoms with Crippen LogP contribution in [0.4, 0.5) is 0 Å². The zero-order valence-electron chi connectivity index (χ0n) is 6.37. The van der Waals surface area contributed by atoms with Gasteiger partial charge in [0.2, 0.25) is 5.43 Å². The third kappa shape index (κ3) is 1.17. The Balaban J connectivity index is 2.84. The molecule has 0 aliphatic carbocycles. The van der Waals surface area contributed by atoms with Gasteiger partial charge in [-0.25, -0.2) is 0 Å². The second-order valence-electron chi connectivity index (χ2n) is 2.25. The minimum Gasteiger partial charge on any atom is -0.459 e. The Morgan fingerprint density at radius 1 is 1.58 bits per heavy atom. The van der Waals surface area contributed by atoms with Crippen molar-refractivity contribution in [3.63, 3.8) is 0 Å². The van der Waals surface area contributed by atoms with Gasteiger partial charge in [-0.05, 0) is 12.3 Å². The van der Waals surface area contributed by atoms with Gasteiger partial charge in [0.05, 0.1) is 15.2 Å². The van der Waals surface area contributed by atoms with Crippen LogP contribution in [-0.2, 0) is 0 Å². The van der Waals surface area contributed by atoms with Crippen molar-refractivity contribution in [3.8, 4) is 0 Å². The van der Waals surface area contributed by atoms with Crippen LogP contribution in [0, 0.1) is 0 Å². The number of furan rings is 1. The van der Waals surface area contributed by atoms with E-state index < -0.39 is 0 Å². The van der Waals surface area contributed by atoms with E-state index in [4.69, 9.17) is 4.42 Å². The molecule has 0 amide bonds. The lowest BCUT2D eigenvalue weighted by Crippen LogP contribution is -1.95. The molecule has 2 rings (SSSR count). The molecule has 0 aliphatic rings. The van der Waals surface area contributed by atoms with Gasteiger partial charge >= 0.3 is 0 Å². The van der Waals surface area contributed by atoms with Crippen molar-refractivity contribution in [2.24, 2.45) is 0 Å². The van der Waals surface area contributed by atoms with Crippen molar-refractivity contribution in [1.29, 1.82) is 0 Å². The Morgan fingerprint density at radius 2 is 2.42 bits per heavy atom. The minimum absolute atomic E-state index is 0.0295. The molecule has 0 atom stereocenters. The molecule has 0 unspecified atom stereocenters. The molecule has 0 bridgehead atoms. The van der Waals surface area contributed by atoms with Crippen molar-refractivity contribution in [1.82, 2.24) is 0 Å². The molecule has 2 aromatic rings. The van der Waals surface area contributed by atoms with Crippen LogP contribution in [0.5, 0.6) is 0 Å². The molecule has 2 nitrogen and oxygen atoms in total. The first-order valence-corrected chi connectivity index (χ1v) is 5.41. The Hall–Kier alpha value is -0.740. The first-order chi connectivity index (χ1) is 5.81. The summed E-state index contributed by atoms with van der Waals surface area (Å²) >= 11 is 3.15. The quantitative estimate of drug-likeness (QED) is 0.660. The highest BCUT2D eigenvalue weighted by Gasteiger charge is 2.03. The Kier molecular flexibility index (Phi) is 1.94. The minimum atomic E-state index is -0.0295. The number of hydrogen-bond donors (Lipinski definition) is 0. The third-order valence-corrected chi connectivity index (χ3v) is 3.64. The molecule has 12 heavy (non-hydrogen) atoms. The maximum absolute atomic E-state index is 11.3. The van der Waals surface area contributed by atoms with Gasteiger partial charge in [0, 0.05) is 6.07 Å². The maximum Gasteiger partial charge on any atom is 0.224 e. The summed E-state index contributed by atoms with van der Waals surface area (Å²) < 4.78 is 6.98. The van der Waals surface area contributed by atoms with Crippen LogP contribution in [0.2, 0.25) is 0 Å². The molecule has 0 aromatic carbocycles. The molecule has 0 spiro atoms. The lowest BCUT2D eigenvalue weighted by atomic mass is 10.5.